The number of nitro benzene ring substituents is 2. The van der Waals surface area contributed by atoms with E-state index in [-0.39, 0.29) is 5.56 Å². The molecule has 4 rings (SSSR count). The zero-order valence-electron chi connectivity index (χ0n) is 19.8. The summed E-state index contributed by atoms with van der Waals surface area (Å²) in [6, 6.07) is 19.1. The molecule has 0 aliphatic heterocycles. The highest BCUT2D eigenvalue weighted by molar-refractivity contribution is 6.05. The van der Waals surface area contributed by atoms with Gasteiger partial charge >= 0.3 is 0 Å². The Morgan fingerprint density at radius 2 is 1.27 bits per heavy atom. The molecule has 1 amide bonds. The Balaban J connectivity index is 1.46. The van der Waals surface area contributed by atoms with Gasteiger partial charge in [0.15, 0.2) is 0 Å². The summed E-state index contributed by atoms with van der Waals surface area (Å²) in [7, 11) is 0. The number of rotatable bonds is 8. The summed E-state index contributed by atoms with van der Waals surface area (Å²) in [5, 5.41) is 31.1. The largest absolute Gasteiger partial charge is 0.340 e. The molecule has 0 unspecified atom stereocenters. The molecule has 0 bridgehead atoms. The van der Waals surface area contributed by atoms with Crippen LogP contribution in [0.5, 0.6) is 0 Å². The van der Waals surface area contributed by atoms with Crippen LogP contribution in [-0.2, 0) is 0 Å². The van der Waals surface area contributed by atoms with Gasteiger partial charge in [0.2, 0.25) is 5.95 Å². The zero-order chi connectivity index (χ0) is 26.5. The highest BCUT2D eigenvalue weighted by atomic mass is 16.6. The van der Waals surface area contributed by atoms with Crippen LogP contribution in [0.25, 0.3) is 0 Å². The van der Waals surface area contributed by atoms with Crippen molar-refractivity contribution in [3.8, 4) is 0 Å². The van der Waals surface area contributed by atoms with E-state index < -0.39 is 27.1 Å². The number of carbonyl (C=O) groups is 1. The summed E-state index contributed by atoms with van der Waals surface area (Å²) in [5.74, 6) is 0.269. The van der Waals surface area contributed by atoms with Crippen molar-refractivity contribution in [2.75, 3.05) is 16.0 Å². The van der Waals surface area contributed by atoms with Crippen molar-refractivity contribution in [3.05, 3.63) is 110 Å². The van der Waals surface area contributed by atoms with Crippen LogP contribution in [-0.4, -0.2) is 25.7 Å². The first-order valence-corrected chi connectivity index (χ1v) is 11.0. The monoisotopic (exact) mass is 499 g/mol. The number of carbonyl (C=O) groups excluding carboxylic acids is 1. The number of aryl methyl sites for hydroxylation is 2. The molecule has 4 aromatic rings. The minimum absolute atomic E-state index is 0.204. The van der Waals surface area contributed by atoms with Gasteiger partial charge in [-0.05, 0) is 50.2 Å². The van der Waals surface area contributed by atoms with Crippen molar-refractivity contribution < 1.29 is 14.6 Å². The lowest BCUT2D eigenvalue weighted by molar-refractivity contribution is -0.394. The molecule has 12 nitrogen and oxygen atoms in total. The van der Waals surface area contributed by atoms with E-state index >= 15 is 0 Å². The minimum atomic E-state index is -0.792. The zero-order valence-corrected chi connectivity index (χ0v) is 19.8. The maximum Gasteiger partial charge on any atom is 0.277 e. The summed E-state index contributed by atoms with van der Waals surface area (Å²) in [6.45, 7) is 3.86. The van der Waals surface area contributed by atoms with E-state index in [1.54, 1.807) is 24.3 Å². The van der Waals surface area contributed by atoms with Crippen LogP contribution < -0.4 is 16.0 Å². The number of amides is 1. The van der Waals surface area contributed by atoms with E-state index in [0.717, 1.165) is 35.1 Å². The van der Waals surface area contributed by atoms with Gasteiger partial charge < -0.3 is 16.0 Å². The van der Waals surface area contributed by atoms with Gasteiger partial charge in [-0.15, -0.1) is 0 Å². The Morgan fingerprint density at radius 3 is 1.86 bits per heavy atom. The minimum Gasteiger partial charge on any atom is -0.340 e. The van der Waals surface area contributed by atoms with Gasteiger partial charge in [0.1, 0.15) is 5.82 Å². The number of hydrogen-bond donors (Lipinski definition) is 3. The van der Waals surface area contributed by atoms with Crippen LogP contribution in [0, 0.1) is 34.1 Å². The molecular formula is C25H21N7O5. The molecule has 0 saturated heterocycles. The Hall–Kier alpha value is -5.39. The fourth-order valence-electron chi connectivity index (χ4n) is 3.38. The van der Waals surface area contributed by atoms with Crippen LogP contribution in [0.15, 0.2) is 72.8 Å². The van der Waals surface area contributed by atoms with Gasteiger partial charge in [0.05, 0.1) is 21.5 Å². The first-order chi connectivity index (χ1) is 17.7. The Labute approximate surface area is 210 Å². The van der Waals surface area contributed by atoms with Gasteiger partial charge in [0.25, 0.3) is 17.3 Å². The van der Waals surface area contributed by atoms with Crippen molar-refractivity contribution in [2.45, 2.75) is 13.8 Å². The van der Waals surface area contributed by atoms with Gasteiger partial charge in [-0.25, -0.2) is 4.98 Å². The number of nitrogens with one attached hydrogen (secondary N) is 3. The number of aromatic nitrogens is 2. The van der Waals surface area contributed by atoms with E-state index in [2.05, 4.69) is 25.9 Å². The fourth-order valence-corrected chi connectivity index (χ4v) is 3.38. The average molecular weight is 499 g/mol. The summed E-state index contributed by atoms with van der Waals surface area (Å²) >= 11 is 0. The number of anilines is 5. The third kappa shape index (κ3) is 6.39. The van der Waals surface area contributed by atoms with Gasteiger partial charge in [0, 0.05) is 41.0 Å². The number of nitro groups is 2. The van der Waals surface area contributed by atoms with E-state index in [1.165, 1.54) is 0 Å². The van der Waals surface area contributed by atoms with E-state index in [9.17, 15) is 25.0 Å². The molecule has 0 fully saturated rings. The van der Waals surface area contributed by atoms with E-state index in [4.69, 9.17) is 0 Å². The second-order valence-corrected chi connectivity index (χ2v) is 8.12. The summed E-state index contributed by atoms with van der Waals surface area (Å²) in [6.07, 6.45) is 0. The van der Waals surface area contributed by atoms with E-state index in [1.807, 2.05) is 44.2 Å². The maximum absolute atomic E-state index is 12.6. The average Bonchev–Trinajstić information content (AvgIpc) is 2.86. The van der Waals surface area contributed by atoms with Crippen LogP contribution in [0.4, 0.5) is 40.2 Å². The molecule has 0 saturated carbocycles. The third-order valence-corrected chi connectivity index (χ3v) is 5.16. The smallest absolute Gasteiger partial charge is 0.277 e. The lowest BCUT2D eigenvalue weighted by Crippen LogP contribution is -2.12. The van der Waals surface area contributed by atoms with Crippen molar-refractivity contribution in [2.24, 2.45) is 0 Å². The topological polar surface area (TPSA) is 165 Å². The lowest BCUT2D eigenvalue weighted by Gasteiger charge is -2.11. The molecule has 0 aliphatic carbocycles. The van der Waals surface area contributed by atoms with Crippen LogP contribution in [0.2, 0.25) is 0 Å². The van der Waals surface area contributed by atoms with Crippen molar-refractivity contribution in [1.82, 2.24) is 9.97 Å². The van der Waals surface area contributed by atoms with Crippen LogP contribution in [0.3, 0.4) is 0 Å². The van der Waals surface area contributed by atoms with Crippen LogP contribution in [0.1, 0.15) is 21.6 Å². The molecule has 0 aliphatic rings. The molecule has 12 heteroatoms. The molecule has 3 aromatic carbocycles. The highest BCUT2D eigenvalue weighted by Gasteiger charge is 2.20. The molecule has 3 N–H and O–H groups in total. The SMILES string of the molecule is Cc1ccc(Nc2cc(C)nc(Nc3ccc(NC(=O)c4cc([N+](=O)[O-])cc([N+](=O)[O-])c4)cc3)n2)cc1. The number of hydrogen-bond acceptors (Lipinski definition) is 9. The van der Waals surface area contributed by atoms with Crippen molar-refractivity contribution in [3.63, 3.8) is 0 Å². The van der Waals surface area contributed by atoms with Gasteiger partial charge in [-0.1, -0.05) is 17.7 Å². The molecule has 0 radical (unpaired) electrons. The highest BCUT2D eigenvalue weighted by Crippen LogP contribution is 2.24. The summed E-state index contributed by atoms with van der Waals surface area (Å²) < 4.78 is 0. The fraction of sp³-hybridized carbons (Fsp3) is 0.0800. The van der Waals surface area contributed by atoms with Gasteiger partial charge in [-0.3, -0.25) is 25.0 Å². The number of benzene rings is 3. The van der Waals surface area contributed by atoms with E-state index in [0.29, 0.717) is 23.1 Å². The normalized spacial score (nSPS) is 10.4. The lowest BCUT2D eigenvalue weighted by atomic mass is 10.1. The number of non-ortho nitro benzene ring substituents is 2. The number of nitrogens with zero attached hydrogens (tertiary/aromatic N) is 4. The molecule has 1 heterocycles. The van der Waals surface area contributed by atoms with Crippen LogP contribution >= 0.6 is 0 Å². The van der Waals surface area contributed by atoms with Crippen molar-refractivity contribution >= 4 is 46.1 Å². The molecule has 186 valence electrons. The molecule has 1 aromatic heterocycles. The first-order valence-electron chi connectivity index (χ1n) is 11.0. The standard InChI is InChI=1S/C25H21N7O5/c1-15-3-5-18(6-4-15)27-23-11-16(2)26-25(30-23)29-20-9-7-19(8-10-20)28-24(33)17-12-21(31(34)35)14-22(13-17)32(36)37/h3-14H,1-2H3,(H,28,33)(H2,26,27,29,30). The maximum atomic E-state index is 12.6. The Kier molecular flexibility index (Phi) is 7.00. The Bertz CT molecular complexity index is 1460. The summed E-state index contributed by atoms with van der Waals surface area (Å²) in [5.41, 5.74) is 2.53. The van der Waals surface area contributed by atoms with Crippen molar-refractivity contribution in [1.29, 1.82) is 0 Å². The van der Waals surface area contributed by atoms with Gasteiger partial charge in [-0.2, -0.15) is 4.98 Å². The molecule has 37 heavy (non-hydrogen) atoms. The second-order valence-electron chi connectivity index (χ2n) is 8.12. The second kappa shape index (κ2) is 10.5. The first kappa shape index (κ1) is 24.7. The predicted molar refractivity (Wildman–Crippen MR) is 139 cm³/mol. The third-order valence-electron chi connectivity index (χ3n) is 5.16. The molecule has 0 spiro atoms. The molecular weight excluding hydrogens is 478 g/mol. The predicted octanol–water partition coefficient (Wildman–Crippen LogP) is 5.65. The quantitative estimate of drug-likeness (QED) is 0.205. The Morgan fingerprint density at radius 1 is 0.730 bits per heavy atom. The molecule has 0 atom stereocenters. The summed E-state index contributed by atoms with van der Waals surface area (Å²) in [4.78, 5) is 42.0.